The number of hydrogen-bond acceptors (Lipinski definition) is 8. The summed E-state index contributed by atoms with van der Waals surface area (Å²) < 4.78 is 42.4. The molecular formula is C22H27F3N8OS. The van der Waals surface area contributed by atoms with Crippen molar-refractivity contribution in [2.75, 3.05) is 18.0 Å². The number of nitrogens with zero attached hydrogens (tertiary/aromatic N) is 8. The van der Waals surface area contributed by atoms with Crippen LogP contribution in [-0.2, 0) is 26.2 Å². The van der Waals surface area contributed by atoms with Crippen LogP contribution in [0, 0.1) is 11.3 Å². The Labute approximate surface area is 204 Å². The minimum Gasteiger partial charge on any atom is -0.349 e. The summed E-state index contributed by atoms with van der Waals surface area (Å²) >= 11 is 0.672. The second kappa shape index (κ2) is 9.23. The van der Waals surface area contributed by atoms with Crippen molar-refractivity contribution in [2.24, 2.45) is 7.05 Å². The molecule has 0 radical (unpaired) electrons. The lowest BCUT2D eigenvalue weighted by atomic mass is 10.0. The zero-order valence-electron chi connectivity index (χ0n) is 20.2. The fourth-order valence-corrected chi connectivity index (χ4v) is 5.64. The number of anilines is 1. The normalized spacial score (nSPS) is 20.4. The zero-order valence-corrected chi connectivity index (χ0v) is 21.0. The van der Waals surface area contributed by atoms with Gasteiger partial charge in [-0.2, -0.15) is 23.4 Å². The Morgan fingerprint density at radius 2 is 1.97 bits per heavy atom. The zero-order chi connectivity index (χ0) is 25.7. The van der Waals surface area contributed by atoms with Gasteiger partial charge >= 0.3 is 11.9 Å². The van der Waals surface area contributed by atoms with E-state index in [4.69, 9.17) is 0 Å². The molecule has 3 atom stereocenters. The number of rotatable bonds is 5. The van der Waals surface area contributed by atoms with E-state index in [0.717, 1.165) is 0 Å². The van der Waals surface area contributed by atoms with Gasteiger partial charge in [0.2, 0.25) is 0 Å². The summed E-state index contributed by atoms with van der Waals surface area (Å²) in [6.07, 6.45) is -3.03. The SMILES string of the molecule is CCn1c(CC#N)nc2c(N3C[C@@H](C)N(C(C)c4cnc(C(F)(F)F)s4)C[C@@H]3C)nc(=O)n(C)c21. The Morgan fingerprint density at radius 3 is 2.57 bits per heavy atom. The van der Waals surface area contributed by atoms with Crippen LogP contribution in [0.3, 0.4) is 0 Å². The third kappa shape index (κ3) is 4.40. The molecule has 4 heterocycles. The van der Waals surface area contributed by atoms with Crippen LogP contribution in [0.15, 0.2) is 11.0 Å². The number of fused-ring (bicyclic) bond motifs is 1. The monoisotopic (exact) mass is 508 g/mol. The molecule has 0 aromatic carbocycles. The van der Waals surface area contributed by atoms with Crippen LogP contribution in [0.5, 0.6) is 0 Å². The number of alkyl halides is 3. The number of halogens is 3. The van der Waals surface area contributed by atoms with Gasteiger partial charge in [-0.15, -0.1) is 11.3 Å². The number of nitriles is 1. The first-order valence-corrected chi connectivity index (χ1v) is 12.2. The van der Waals surface area contributed by atoms with Gasteiger partial charge in [0.05, 0.1) is 12.5 Å². The van der Waals surface area contributed by atoms with Crippen molar-refractivity contribution in [3.8, 4) is 6.07 Å². The molecule has 0 saturated carbocycles. The summed E-state index contributed by atoms with van der Waals surface area (Å²) in [5.74, 6) is 1.05. The van der Waals surface area contributed by atoms with E-state index in [1.54, 1.807) is 7.05 Å². The highest BCUT2D eigenvalue weighted by atomic mass is 32.1. The summed E-state index contributed by atoms with van der Waals surface area (Å²) in [6, 6.07) is 1.76. The molecule has 0 spiro atoms. The first-order valence-electron chi connectivity index (χ1n) is 11.4. The number of imidazole rings is 1. The first-order chi connectivity index (χ1) is 16.5. The van der Waals surface area contributed by atoms with Crippen LogP contribution in [0.1, 0.15) is 49.4 Å². The maximum Gasteiger partial charge on any atom is 0.443 e. The molecule has 0 N–H and O–H groups in total. The third-order valence-electron chi connectivity index (χ3n) is 6.57. The van der Waals surface area contributed by atoms with E-state index in [2.05, 4.69) is 25.9 Å². The largest absolute Gasteiger partial charge is 0.443 e. The molecule has 1 aliphatic rings. The van der Waals surface area contributed by atoms with Gasteiger partial charge in [0.15, 0.2) is 10.8 Å². The molecule has 4 rings (SSSR count). The van der Waals surface area contributed by atoms with Gasteiger partial charge in [0.1, 0.15) is 17.0 Å². The quantitative estimate of drug-likeness (QED) is 0.522. The van der Waals surface area contributed by atoms with Gasteiger partial charge in [-0.25, -0.2) is 14.8 Å². The minimum atomic E-state index is -4.46. The van der Waals surface area contributed by atoms with Gasteiger partial charge in [-0.05, 0) is 27.7 Å². The Bertz CT molecular complexity index is 1340. The fraction of sp³-hybridized carbons (Fsp3) is 0.591. The van der Waals surface area contributed by atoms with Crippen LogP contribution >= 0.6 is 11.3 Å². The Hall–Kier alpha value is -2.98. The lowest BCUT2D eigenvalue weighted by Gasteiger charge is -2.46. The lowest BCUT2D eigenvalue weighted by molar-refractivity contribution is -0.137. The molecule has 1 aliphatic heterocycles. The Kier molecular flexibility index (Phi) is 6.63. The summed E-state index contributed by atoms with van der Waals surface area (Å²) in [7, 11) is 1.64. The molecule has 188 valence electrons. The van der Waals surface area contributed by atoms with Crippen LogP contribution in [0.4, 0.5) is 19.0 Å². The topological polar surface area (TPSA) is 95.9 Å². The summed E-state index contributed by atoms with van der Waals surface area (Å²) in [5, 5.41) is 8.39. The van der Waals surface area contributed by atoms with Gasteiger partial charge in [-0.1, -0.05) is 0 Å². The van der Waals surface area contributed by atoms with Crippen molar-refractivity contribution >= 4 is 28.3 Å². The van der Waals surface area contributed by atoms with Crippen molar-refractivity contribution in [3.05, 3.63) is 32.4 Å². The summed E-state index contributed by atoms with van der Waals surface area (Å²) in [4.78, 5) is 30.1. The van der Waals surface area contributed by atoms with E-state index in [1.165, 1.54) is 10.8 Å². The van der Waals surface area contributed by atoms with Crippen molar-refractivity contribution in [1.29, 1.82) is 5.26 Å². The number of hydrogen-bond donors (Lipinski definition) is 0. The number of thiazole rings is 1. The highest BCUT2D eigenvalue weighted by Crippen LogP contribution is 2.37. The minimum absolute atomic E-state index is 0.0367. The predicted octanol–water partition coefficient (Wildman–Crippen LogP) is 3.35. The van der Waals surface area contributed by atoms with E-state index in [1.807, 2.05) is 37.2 Å². The van der Waals surface area contributed by atoms with Crippen molar-refractivity contribution in [2.45, 2.75) is 65.0 Å². The molecule has 0 aliphatic carbocycles. The molecule has 35 heavy (non-hydrogen) atoms. The molecule has 0 bridgehead atoms. The number of aromatic nitrogens is 5. The maximum absolute atomic E-state index is 13.0. The molecule has 1 saturated heterocycles. The molecule has 9 nitrogen and oxygen atoms in total. The number of aryl methyl sites for hydroxylation is 2. The molecular weight excluding hydrogens is 481 g/mol. The Morgan fingerprint density at radius 1 is 1.26 bits per heavy atom. The first kappa shape index (κ1) is 25.1. The highest BCUT2D eigenvalue weighted by Gasteiger charge is 2.38. The van der Waals surface area contributed by atoms with Crippen molar-refractivity contribution in [3.63, 3.8) is 0 Å². The van der Waals surface area contributed by atoms with Gasteiger partial charge < -0.3 is 9.47 Å². The second-order valence-electron chi connectivity index (χ2n) is 8.85. The molecule has 3 aromatic rings. The van der Waals surface area contributed by atoms with Crippen LogP contribution in [0.2, 0.25) is 0 Å². The standard InChI is InChI=1S/C22H27F3N8OS/c1-6-31-16(7-8-26)28-17-18(29-21(34)30(5)19(17)31)33-11-12(2)32(10-13(33)3)14(4)15-9-27-20(35-15)22(23,24)25/h9,12-14H,6-7,10-11H2,1-5H3/t12-,13+,14?/m1/s1. The van der Waals surface area contributed by atoms with E-state index in [0.29, 0.717) is 58.7 Å². The van der Waals surface area contributed by atoms with E-state index in [9.17, 15) is 23.2 Å². The van der Waals surface area contributed by atoms with Gasteiger partial charge in [0.25, 0.3) is 0 Å². The molecule has 1 fully saturated rings. The van der Waals surface area contributed by atoms with Crippen molar-refractivity contribution < 1.29 is 13.2 Å². The Balaban J connectivity index is 1.68. The molecule has 1 unspecified atom stereocenters. The second-order valence-corrected chi connectivity index (χ2v) is 9.91. The van der Waals surface area contributed by atoms with Gasteiger partial charge in [0, 0.05) is 55.9 Å². The average molecular weight is 509 g/mol. The van der Waals surface area contributed by atoms with Crippen LogP contribution in [-0.4, -0.2) is 54.2 Å². The fourth-order valence-electron chi connectivity index (χ4n) is 4.79. The average Bonchev–Trinajstić information content (AvgIpc) is 3.43. The summed E-state index contributed by atoms with van der Waals surface area (Å²) in [5.41, 5.74) is 0.773. The van der Waals surface area contributed by atoms with Crippen LogP contribution < -0.4 is 10.6 Å². The number of piperazine rings is 1. The van der Waals surface area contributed by atoms with Crippen LogP contribution in [0.25, 0.3) is 11.2 Å². The van der Waals surface area contributed by atoms with E-state index < -0.39 is 16.9 Å². The van der Waals surface area contributed by atoms with E-state index >= 15 is 0 Å². The smallest absolute Gasteiger partial charge is 0.349 e. The molecule has 3 aromatic heterocycles. The van der Waals surface area contributed by atoms with Gasteiger partial charge in [-0.3, -0.25) is 9.47 Å². The highest BCUT2D eigenvalue weighted by molar-refractivity contribution is 7.11. The van der Waals surface area contributed by atoms with E-state index in [-0.39, 0.29) is 24.5 Å². The predicted molar refractivity (Wildman–Crippen MR) is 126 cm³/mol. The lowest BCUT2D eigenvalue weighted by Crippen LogP contribution is -2.57. The van der Waals surface area contributed by atoms with Crippen molar-refractivity contribution in [1.82, 2.24) is 29.0 Å². The molecule has 13 heteroatoms. The third-order valence-corrected chi connectivity index (χ3v) is 7.79. The molecule has 0 amide bonds. The maximum atomic E-state index is 13.0. The summed E-state index contributed by atoms with van der Waals surface area (Å²) in [6.45, 7) is 9.44.